The minimum atomic E-state index is -0.968. The van der Waals surface area contributed by atoms with Crippen molar-refractivity contribution in [1.82, 2.24) is 10.2 Å². The van der Waals surface area contributed by atoms with Crippen molar-refractivity contribution in [2.24, 2.45) is 0 Å². The molecule has 0 unspecified atom stereocenters. The molecule has 0 bridgehead atoms. The fourth-order valence-corrected chi connectivity index (χ4v) is 2.08. The number of hydrogen-bond acceptors (Lipinski definition) is 7. The molecule has 3 amide bonds. The Morgan fingerprint density at radius 3 is 2.56 bits per heavy atom. The molecule has 0 fully saturated rings. The molecule has 1 aromatic carbocycles. The molecular formula is C16H16N2O7. The SMILES string of the molecule is COC(=O)NCCN(C(=O)OC)C(=O)c1cc2ccccc2oc1=O. The minimum Gasteiger partial charge on any atom is -0.453 e. The van der Waals surface area contributed by atoms with Crippen LogP contribution in [0.15, 0.2) is 39.5 Å². The van der Waals surface area contributed by atoms with Crippen LogP contribution in [0.2, 0.25) is 0 Å². The Balaban J connectivity index is 2.29. The highest BCUT2D eigenvalue weighted by atomic mass is 16.5. The predicted octanol–water partition coefficient (Wildman–Crippen LogP) is 1.36. The second-order valence-electron chi connectivity index (χ2n) is 4.83. The van der Waals surface area contributed by atoms with E-state index in [1.54, 1.807) is 24.3 Å². The molecule has 2 rings (SSSR count). The van der Waals surface area contributed by atoms with E-state index in [-0.39, 0.29) is 18.7 Å². The summed E-state index contributed by atoms with van der Waals surface area (Å²) < 4.78 is 14.0. The fraction of sp³-hybridized carbons (Fsp3) is 0.250. The van der Waals surface area contributed by atoms with Crippen LogP contribution < -0.4 is 10.9 Å². The van der Waals surface area contributed by atoms with Crippen LogP contribution in [0.1, 0.15) is 10.4 Å². The Morgan fingerprint density at radius 1 is 1.16 bits per heavy atom. The van der Waals surface area contributed by atoms with E-state index in [0.717, 1.165) is 7.11 Å². The van der Waals surface area contributed by atoms with Crippen molar-refractivity contribution in [1.29, 1.82) is 0 Å². The Bertz CT molecular complexity index is 859. The molecule has 0 saturated heterocycles. The quantitative estimate of drug-likeness (QED) is 0.829. The Labute approximate surface area is 142 Å². The molecule has 0 aliphatic heterocycles. The van der Waals surface area contributed by atoms with Crippen molar-refractivity contribution in [3.05, 3.63) is 46.3 Å². The highest BCUT2D eigenvalue weighted by Crippen LogP contribution is 2.14. The van der Waals surface area contributed by atoms with Crippen LogP contribution in [0.25, 0.3) is 11.0 Å². The average molecular weight is 348 g/mol. The van der Waals surface area contributed by atoms with Gasteiger partial charge in [-0.15, -0.1) is 0 Å². The van der Waals surface area contributed by atoms with E-state index in [0.29, 0.717) is 15.9 Å². The first-order valence-electron chi connectivity index (χ1n) is 7.22. The van der Waals surface area contributed by atoms with Gasteiger partial charge in [0.2, 0.25) is 0 Å². The largest absolute Gasteiger partial charge is 0.453 e. The van der Waals surface area contributed by atoms with Gasteiger partial charge in [-0.1, -0.05) is 18.2 Å². The summed E-state index contributed by atoms with van der Waals surface area (Å²) in [5, 5.41) is 2.86. The number of para-hydroxylation sites is 1. The summed E-state index contributed by atoms with van der Waals surface area (Å²) in [4.78, 5) is 48.2. The molecule has 2 aromatic rings. The van der Waals surface area contributed by atoms with E-state index in [4.69, 9.17) is 4.42 Å². The third-order valence-electron chi connectivity index (χ3n) is 3.30. The van der Waals surface area contributed by atoms with Crippen molar-refractivity contribution >= 4 is 29.1 Å². The molecule has 0 aliphatic rings. The lowest BCUT2D eigenvalue weighted by Crippen LogP contribution is -2.43. The van der Waals surface area contributed by atoms with E-state index in [1.165, 1.54) is 13.2 Å². The molecule has 1 heterocycles. The number of hydrogen-bond donors (Lipinski definition) is 1. The van der Waals surface area contributed by atoms with Crippen LogP contribution >= 0.6 is 0 Å². The molecule has 0 saturated carbocycles. The molecule has 0 atom stereocenters. The minimum absolute atomic E-state index is 0.0770. The lowest BCUT2D eigenvalue weighted by Gasteiger charge is -2.19. The van der Waals surface area contributed by atoms with Crippen LogP contribution in [0.5, 0.6) is 0 Å². The first-order chi connectivity index (χ1) is 12.0. The van der Waals surface area contributed by atoms with Gasteiger partial charge in [0.15, 0.2) is 0 Å². The maximum atomic E-state index is 12.6. The normalized spacial score (nSPS) is 10.2. The monoisotopic (exact) mass is 348 g/mol. The van der Waals surface area contributed by atoms with E-state index in [1.807, 2.05) is 0 Å². The number of carbonyl (C=O) groups excluding carboxylic acids is 3. The van der Waals surface area contributed by atoms with E-state index in [9.17, 15) is 19.2 Å². The summed E-state index contributed by atoms with van der Waals surface area (Å²) in [6.07, 6.45) is -1.69. The van der Waals surface area contributed by atoms with Crippen molar-refractivity contribution in [2.45, 2.75) is 0 Å². The highest BCUT2D eigenvalue weighted by molar-refractivity contribution is 6.04. The number of benzene rings is 1. The number of nitrogens with one attached hydrogen (secondary N) is 1. The maximum Gasteiger partial charge on any atom is 0.416 e. The number of ether oxygens (including phenoxy) is 2. The summed E-state index contributed by atoms with van der Waals surface area (Å²) in [6, 6.07) is 7.99. The molecular weight excluding hydrogens is 332 g/mol. The van der Waals surface area contributed by atoms with Crippen LogP contribution in [-0.2, 0) is 9.47 Å². The van der Waals surface area contributed by atoms with E-state index in [2.05, 4.69) is 14.8 Å². The number of methoxy groups -OCH3 is 2. The lowest BCUT2D eigenvalue weighted by molar-refractivity contribution is 0.0702. The van der Waals surface area contributed by atoms with Gasteiger partial charge in [0.05, 0.1) is 14.2 Å². The molecule has 0 radical (unpaired) electrons. The van der Waals surface area contributed by atoms with Gasteiger partial charge in [-0.2, -0.15) is 0 Å². The number of imide groups is 1. The topological polar surface area (TPSA) is 115 Å². The van der Waals surface area contributed by atoms with Gasteiger partial charge in [-0.05, 0) is 12.1 Å². The number of nitrogens with zero attached hydrogens (tertiary/aromatic N) is 1. The van der Waals surface area contributed by atoms with Crippen LogP contribution in [0.3, 0.4) is 0 Å². The Hall–Kier alpha value is -3.36. The van der Waals surface area contributed by atoms with Crippen molar-refractivity contribution in [3.8, 4) is 0 Å². The summed E-state index contributed by atoms with van der Waals surface area (Å²) in [5.41, 5.74) is -0.873. The van der Waals surface area contributed by atoms with Gasteiger partial charge in [-0.3, -0.25) is 4.79 Å². The maximum absolute atomic E-state index is 12.6. The zero-order valence-electron chi connectivity index (χ0n) is 13.6. The second kappa shape index (κ2) is 7.95. The molecule has 25 heavy (non-hydrogen) atoms. The molecule has 9 heteroatoms. The number of carbonyl (C=O) groups is 3. The van der Waals surface area contributed by atoms with Crippen molar-refractivity contribution in [2.75, 3.05) is 27.3 Å². The Kier molecular flexibility index (Phi) is 5.72. The molecule has 1 N–H and O–H groups in total. The number of rotatable bonds is 4. The zero-order valence-corrected chi connectivity index (χ0v) is 13.6. The van der Waals surface area contributed by atoms with Crippen LogP contribution in [-0.4, -0.2) is 50.3 Å². The molecule has 9 nitrogen and oxygen atoms in total. The molecule has 0 spiro atoms. The lowest BCUT2D eigenvalue weighted by atomic mass is 10.1. The van der Waals surface area contributed by atoms with E-state index >= 15 is 0 Å². The van der Waals surface area contributed by atoms with Crippen molar-refractivity contribution < 1.29 is 28.3 Å². The van der Waals surface area contributed by atoms with Gasteiger partial charge in [-0.25, -0.2) is 19.3 Å². The average Bonchev–Trinajstić information content (AvgIpc) is 2.63. The summed E-state index contributed by atoms with van der Waals surface area (Å²) in [6.45, 7) is -0.292. The van der Waals surface area contributed by atoms with Gasteiger partial charge in [0, 0.05) is 18.5 Å². The second-order valence-corrected chi connectivity index (χ2v) is 4.83. The summed E-state index contributed by atoms with van der Waals surface area (Å²) >= 11 is 0. The Morgan fingerprint density at radius 2 is 1.88 bits per heavy atom. The third-order valence-corrected chi connectivity index (χ3v) is 3.30. The third kappa shape index (κ3) is 4.14. The van der Waals surface area contributed by atoms with Crippen molar-refractivity contribution in [3.63, 3.8) is 0 Å². The van der Waals surface area contributed by atoms with Gasteiger partial charge >= 0.3 is 17.8 Å². The molecule has 1 aromatic heterocycles. The molecule has 0 aliphatic carbocycles. The standard InChI is InChI=1S/C16H16N2O7/c1-23-15(21)17-7-8-18(16(22)24-2)13(19)11-9-10-5-3-4-6-12(10)25-14(11)20/h3-6,9H,7-8H2,1-2H3,(H,17,21). The fourth-order valence-electron chi connectivity index (χ4n) is 2.08. The number of alkyl carbamates (subject to hydrolysis) is 1. The molecule has 132 valence electrons. The van der Waals surface area contributed by atoms with Gasteiger partial charge in [0.1, 0.15) is 11.1 Å². The highest BCUT2D eigenvalue weighted by Gasteiger charge is 2.26. The smallest absolute Gasteiger partial charge is 0.416 e. The summed E-state index contributed by atoms with van der Waals surface area (Å²) in [7, 11) is 2.28. The number of amides is 3. The van der Waals surface area contributed by atoms with E-state index < -0.39 is 23.7 Å². The summed E-state index contributed by atoms with van der Waals surface area (Å²) in [5.74, 6) is -0.891. The van der Waals surface area contributed by atoms with Crippen LogP contribution in [0.4, 0.5) is 9.59 Å². The zero-order chi connectivity index (χ0) is 18.4. The first kappa shape index (κ1) is 18.0. The number of fused-ring (bicyclic) bond motifs is 1. The first-order valence-corrected chi connectivity index (χ1v) is 7.22. The van der Waals surface area contributed by atoms with Gasteiger partial charge < -0.3 is 19.2 Å². The predicted molar refractivity (Wildman–Crippen MR) is 86.3 cm³/mol. The van der Waals surface area contributed by atoms with Crippen LogP contribution in [0, 0.1) is 0 Å². The van der Waals surface area contributed by atoms with Gasteiger partial charge in [0.25, 0.3) is 5.91 Å².